The normalized spacial score (nSPS) is 11.2. The van der Waals surface area contributed by atoms with Crippen LogP contribution in [0, 0.1) is 20.8 Å². The van der Waals surface area contributed by atoms with Crippen LogP contribution in [0.5, 0.6) is 5.75 Å². The number of carbonyl (C=O) groups excluding carboxylic acids is 1. The third kappa shape index (κ3) is 5.77. The largest absolute Gasteiger partial charge is 0.483 e. The summed E-state index contributed by atoms with van der Waals surface area (Å²) in [6.45, 7) is 16.5. The first-order chi connectivity index (χ1) is 17.7. The summed E-state index contributed by atoms with van der Waals surface area (Å²) in [6.07, 6.45) is 0. The Kier molecular flexibility index (Phi) is 7.81. The molecule has 0 saturated heterocycles. The van der Waals surface area contributed by atoms with Crippen LogP contribution in [0.1, 0.15) is 55.9 Å². The van der Waals surface area contributed by atoms with Crippen LogP contribution < -0.4 is 15.0 Å². The number of anilines is 2. The molecule has 0 aliphatic heterocycles. The van der Waals surface area contributed by atoms with Crippen LogP contribution in [0.25, 0.3) is 16.7 Å². The molecule has 0 radical (unpaired) electrons. The van der Waals surface area contributed by atoms with E-state index in [-0.39, 0.29) is 12.5 Å². The summed E-state index contributed by atoms with van der Waals surface area (Å²) in [5, 5.41) is 12.4. The first-order valence-electron chi connectivity index (χ1n) is 13.0. The second kappa shape index (κ2) is 11.0. The highest BCUT2D eigenvalue weighted by atomic mass is 16.5. The Hall–Kier alpha value is -3.87. The average molecular weight is 500 g/mol. The van der Waals surface area contributed by atoms with E-state index in [0.717, 1.165) is 57.8 Å². The third-order valence-corrected chi connectivity index (χ3v) is 6.67. The maximum Gasteiger partial charge on any atom is 0.262 e. The fourth-order valence-electron chi connectivity index (χ4n) is 4.53. The minimum atomic E-state index is -0.214. The van der Waals surface area contributed by atoms with Crippen molar-refractivity contribution in [3.8, 4) is 11.4 Å². The van der Waals surface area contributed by atoms with Gasteiger partial charge in [-0.05, 0) is 99.2 Å². The van der Waals surface area contributed by atoms with Gasteiger partial charge in [0.1, 0.15) is 16.8 Å². The molecule has 194 valence electrons. The zero-order valence-corrected chi connectivity index (χ0v) is 22.9. The molecule has 0 fully saturated rings. The molecule has 37 heavy (non-hydrogen) atoms. The van der Waals surface area contributed by atoms with Crippen LogP contribution in [0.4, 0.5) is 11.4 Å². The zero-order valence-electron chi connectivity index (χ0n) is 22.9. The van der Waals surface area contributed by atoms with Gasteiger partial charge in [-0.15, -0.1) is 10.2 Å². The van der Waals surface area contributed by atoms with Gasteiger partial charge in [0, 0.05) is 24.5 Å². The second-order valence-electron chi connectivity index (χ2n) is 9.82. The first kappa shape index (κ1) is 26.2. The SMILES string of the molecule is CCN(CC)c1ccc(-n2nc3cc(C)c(NC(=O)COc4cc(C)ccc4C(C)C)cc3n2)c(C)c1. The number of aromatic nitrogens is 3. The molecular weight excluding hydrogens is 462 g/mol. The van der Waals surface area contributed by atoms with E-state index in [1.807, 2.05) is 32.0 Å². The van der Waals surface area contributed by atoms with Crippen molar-refractivity contribution in [1.82, 2.24) is 15.0 Å². The number of amides is 1. The van der Waals surface area contributed by atoms with Gasteiger partial charge >= 0.3 is 0 Å². The van der Waals surface area contributed by atoms with E-state index in [1.54, 1.807) is 4.80 Å². The predicted octanol–water partition coefficient (Wildman–Crippen LogP) is 6.33. The standard InChI is InChI=1S/C30H37N5O2/c1-8-34(9-2)23-11-13-28(22(7)15-23)35-32-26-16-21(6)25(17-27(26)33-35)31-30(36)18-37-29-14-20(5)10-12-24(29)19(3)4/h10-17,19H,8-9,18H2,1-7H3,(H,31,36). The van der Waals surface area contributed by atoms with Crippen molar-refractivity contribution in [3.05, 3.63) is 70.8 Å². The first-order valence-corrected chi connectivity index (χ1v) is 13.0. The molecular formula is C30H37N5O2. The lowest BCUT2D eigenvalue weighted by Crippen LogP contribution is -2.21. The van der Waals surface area contributed by atoms with Gasteiger partial charge in [0.15, 0.2) is 6.61 Å². The fraction of sp³-hybridized carbons (Fsp3) is 0.367. The van der Waals surface area contributed by atoms with Crippen molar-refractivity contribution < 1.29 is 9.53 Å². The van der Waals surface area contributed by atoms with Crippen LogP contribution in [0.3, 0.4) is 0 Å². The number of rotatable bonds is 9. The quantitative estimate of drug-likeness (QED) is 0.291. The molecule has 3 aromatic carbocycles. The molecule has 1 amide bonds. The van der Waals surface area contributed by atoms with E-state index in [0.29, 0.717) is 11.6 Å². The molecule has 4 rings (SSSR count). The van der Waals surface area contributed by atoms with Crippen molar-refractivity contribution in [1.29, 1.82) is 0 Å². The number of hydrogen-bond acceptors (Lipinski definition) is 5. The van der Waals surface area contributed by atoms with Gasteiger partial charge in [-0.25, -0.2) is 0 Å². The van der Waals surface area contributed by atoms with Gasteiger partial charge in [-0.2, -0.15) is 4.80 Å². The Bertz CT molecular complexity index is 1420. The lowest BCUT2D eigenvalue weighted by atomic mass is 10.0. The van der Waals surface area contributed by atoms with Gasteiger partial charge in [0.25, 0.3) is 5.91 Å². The highest BCUT2D eigenvalue weighted by Crippen LogP contribution is 2.28. The third-order valence-electron chi connectivity index (χ3n) is 6.67. The van der Waals surface area contributed by atoms with Gasteiger partial charge in [-0.3, -0.25) is 4.79 Å². The van der Waals surface area contributed by atoms with Crippen molar-refractivity contribution in [2.75, 3.05) is 29.9 Å². The maximum atomic E-state index is 12.8. The molecule has 0 saturated carbocycles. The number of benzene rings is 3. The van der Waals surface area contributed by atoms with Crippen LogP contribution in [0.15, 0.2) is 48.5 Å². The number of hydrogen-bond donors (Lipinski definition) is 1. The van der Waals surface area contributed by atoms with Gasteiger partial charge < -0.3 is 15.0 Å². The Morgan fingerprint density at radius 2 is 1.65 bits per heavy atom. The molecule has 7 nitrogen and oxygen atoms in total. The van der Waals surface area contributed by atoms with E-state index >= 15 is 0 Å². The maximum absolute atomic E-state index is 12.8. The minimum absolute atomic E-state index is 0.0641. The highest BCUT2D eigenvalue weighted by Gasteiger charge is 2.14. The van der Waals surface area contributed by atoms with E-state index in [1.165, 1.54) is 5.69 Å². The molecule has 0 spiro atoms. The minimum Gasteiger partial charge on any atom is -0.483 e. The molecule has 0 aliphatic rings. The van der Waals surface area contributed by atoms with Crippen molar-refractivity contribution in [2.24, 2.45) is 0 Å². The zero-order chi connectivity index (χ0) is 26.7. The summed E-state index contributed by atoms with van der Waals surface area (Å²) in [5.41, 5.74) is 8.53. The van der Waals surface area contributed by atoms with Crippen LogP contribution in [0.2, 0.25) is 0 Å². The van der Waals surface area contributed by atoms with Crippen LogP contribution >= 0.6 is 0 Å². The summed E-state index contributed by atoms with van der Waals surface area (Å²) >= 11 is 0. The van der Waals surface area contributed by atoms with Gasteiger partial charge in [-0.1, -0.05) is 26.0 Å². The molecule has 0 atom stereocenters. The Morgan fingerprint density at radius 3 is 2.30 bits per heavy atom. The summed E-state index contributed by atoms with van der Waals surface area (Å²) in [6, 6.07) is 16.3. The summed E-state index contributed by atoms with van der Waals surface area (Å²) in [4.78, 5) is 16.8. The monoisotopic (exact) mass is 499 g/mol. The highest BCUT2D eigenvalue weighted by molar-refractivity contribution is 5.95. The fourth-order valence-corrected chi connectivity index (χ4v) is 4.53. The Labute approximate surface area is 219 Å². The van der Waals surface area contributed by atoms with Crippen molar-refractivity contribution >= 4 is 28.3 Å². The molecule has 1 heterocycles. The second-order valence-corrected chi connectivity index (χ2v) is 9.82. The number of fused-ring (bicyclic) bond motifs is 1. The van der Waals surface area contributed by atoms with Gasteiger partial charge in [0.05, 0.1) is 5.69 Å². The topological polar surface area (TPSA) is 72.3 Å². The molecule has 1 N–H and O–H groups in total. The lowest BCUT2D eigenvalue weighted by molar-refractivity contribution is -0.118. The molecule has 4 aromatic rings. The molecule has 0 bridgehead atoms. The molecule has 0 unspecified atom stereocenters. The number of ether oxygens (including phenoxy) is 1. The van der Waals surface area contributed by atoms with Crippen LogP contribution in [-0.2, 0) is 4.79 Å². The summed E-state index contributed by atoms with van der Waals surface area (Å²) < 4.78 is 5.91. The number of aryl methyl sites for hydroxylation is 3. The van der Waals surface area contributed by atoms with E-state index in [9.17, 15) is 4.79 Å². The number of carbonyl (C=O) groups is 1. The average Bonchev–Trinajstić information content (AvgIpc) is 3.26. The van der Waals surface area contributed by atoms with Crippen LogP contribution in [-0.4, -0.2) is 40.6 Å². The lowest BCUT2D eigenvalue weighted by Gasteiger charge is -2.22. The van der Waals surface area contributed by atoms with Crippen molar-refractivity contribution in [3.63, 3.8) is 0 Å². The number of nitrogens with one attached hydrogen (secondary N) is 1. The van der Waals surface area contributed by atoms with Gasteiger partial charge in [0.2, 0.25) is 0 Å². The smallest absolute Gasteiger partial charge is 0.262 e. The van der Waals surface area contributed by atoms with Crippen molar-refractivity contribution in [2.45, 2.75) is 54.4 Å². The Balaban J connectivity index is 1.52. The van der Waals surface area contributed by atoms with E-state index in [2.05, 4.69) is 75.2 Å². The summed E-state index contributed by atoms with van der Waals surface area (Å²) in [5.74, 6) is 0.847. The van der Waals surface area contributed by atoms with E-state index < -0.39 is 0 Å². The molecule has 0 aliphatic carbocycles. The number of nitrogens with zero attached hydrogens (tertiary/aromatic N) is 4. The Morgan fingerprint density at radius 1 is 0.946 bits per heavy atom. The molecule has 1 aromatic heterocycles. The molecule has 7 heteroatoms. The predicted molar refractivity (Wildman–Crippen MR) is 151 cm³/mol. The van der Waals surface area contributed by atoms with E-state index in [4.69, 9.17) is 14.9 Å². The summed E-state index contributed by atoms with van der Waals surface area (Å²) in [7, 11) is 0.